The Morgan fingerprint density at radius 3 is 2.82 bits per heavy atom. The predicted octanol–water partition coefficient (Wildman–Crippen LogP) is 2.91. The van der Waals surface area contributed by atoms with E-state index in [-0.39, 0.29) is 23.7 Å². The van der Waals surface area contributed by atoms with Gasteiger partial charge in [0.05, 0.1) is 12.5 Å². The second kappa shape index (κ2) is 5.88. The zero-order chi connectivity index (χ0) is 19.6. The summed E-state index contributed by atoms with van der Waals surface area (Å²) in [7, 11) is 0. The van der Waals surface area contributed by atoms with Crippen LogP contribution in [0.2, 0.25) is 0 Å². The molecule has 3 heterocycles. The van der Waals surface area contributed by atoms with Gasteiger partial charge in [-0.05, 0) is 43.0 Å². The van der Waals surface area contributed by atoms with Gasteiger partial charge in [-0.25, -0.2) is 4.39 Å². The molecule has 1 spiro atoms. The maximum absolute atomic E-state index is 15.2. The first-order chi connectivity index (χ1) is 13.4. The second-order valence-electron chi connectivity index (χ2n) is 8.00. The van der Waals surface area contributed by atoms with E-state index in [0.717, 1.165) is 11.1 Å². The first-order valence-corrected chi connectivity index (χ1v) is 9.55. The number of hydrogen-bond donors (Lipinski definition) is 2. The average Bonchev–Trinajstić information content (AvgIpc) is 3.14. The van der Waals surface area contributed by atoms with Crippen LogP contribution in [0.15, 0.2) is 36.4 Å². The fourth-order valence-corrected chi connectivity index (χ4v) is 5.15. The predicted molar refractivity (Wildman–Crippen MR) is 101 cm³/mol. The lowest BCUT2D eigenvalue weighted by molar-refractivity contribution is -0.153. The average molecular weight is 380 g/mol. The number of anilines is 1. The summed E-state index contributed by atoms with van der Waals surface area (Å²) in [5, 5.41) is 6.39. The van der Waals surface area contributed by atoms with Gasteiger partial charge in [-0.3, -0.25) is 14.9 Å². The molecule has 5 rings (SSSR count). The number of rotatable bonds is 1. The lowest BCUT2D eigenvalue weighted by Crippen LogP contribution is -2.49. The highest BCUT2D eigenvalue weighted by molar-refractivity contribution is 6.08. The van der Waals surface area contributed by atoms with Crippen molar-refractivity contribution in [2.45, 2.75) is 37.8 Å². The summed E-state index contributed by atoms with van der Waals surface area (Å²) >= 11 is 0. The summed E-state index contributed by atoms with van der Waals surface area (Å²) in [6.45, 7) is 3.94. The van der Waals surface area contributed by atoms with Gasteiger partial charge in [0.15, 0.2) is 0 Å². The Morgan fingerprint density at radius 1 is 1.18 bits per heavy atom. The number of aryl methyl sites for hydroxylation is 2. The summed E-state index contributed by atoms with van der Waals surface area (Å²) < 4.78 is 20.6. The van der Waals surface area contributed by atoms with Crippen molar-refractivity contribution in [3.05, 3.63) is 64.5 Å². The second-order valence-corrected chi connectivity index (χ2v) is 8.00. The van der Waals surface area contributed by atoms with Crippen LogP contribution in [0.5, 0.6) is 0 Å². The van der Waals surface area contributed by atoms with E-state index >= 15 is 4.39 Å². The van der Waals surface area contributed by atoms with Crippen molar-refractivity contribution in [2.75, 3.05) is 11.9 Å². The van der Waals surface area contributed by atoms with Crippen LogP contribution in [-0.2, 0) is 19.9 Å². The summed E-state index contributed by atoms with van der Waals surface area (Å²) in [6.07, 6.45) is 0.594. The minimum absolute atomic E-state index is 0.246. The Labute approximate surface area is 162 Å². The van der Waals surface area contributed by atoms with E-state index in [0.29, 0.717) is 29.8 Å². The van der Waals surface area contributed by atoms with Crippen molar-refractivity contribution in [3.8, 4) is 0 Å². The van der Waals surface area contributed by atoms with Crippen LogP contribution < -0.4 is 10.6 Å². The molecule has 2 saturated heterocycles. The number of halogens is 1. The lowest BCUT2D eigenvalue weighted by atomic mass is 9.70. The molecule has 3 aliphatic rings. The third-order valence-electron chi connectivity index (χ3n) is 6.38. The summed E-state index contributed by atoms with van der Waals surface area (Å²) in [6, 6.07) is 10.6. The van der Waals surface area contributed by atoms with Gasteiger partial charge < -0.3 is 10.1 Å². The van der Waals surface area contributed by atoms with Gasteiger partial charge in [-0.1, -0.05) is 30.3 Å². The molecule has 2 aromatic rings. The molecule has 0 aliphatic carbocycles. The minimum atomic E-state index is -1.20. The summed E-state index contributed by atoms with van der Waals surface area (Å²) in [4.78, 5) is 26.1. The molecule has 0 saturated carbocycles. The number of esters is 1. The van der Waals surface area contributed by atoms with Crippen molar-refractivity contribution in [1.29, 1.82) is 0 Å². The van der Waals surface area contributed by atoms with Crippen LogP contribution in [0.3, 0.4) is 0 Å². The number of ether oxygens (including phenoxy) is 1. The zero-order valence-corrected chi connectivity index (χ0v) is 15.7. The summed E-state index contributed by atoms with van der Waals surface area (Å²) in [5.74, 6) is -2.31. The number of nitrogens with one attached hydrogen (secondary N) is 2. The van der Waals surface area contributed by atoms with Crippen LogP contribution in [0.1, 0.15) is 34.6 Å². The molecule has 0 aromatic heterocycles. The molecule has 3 aliphatic heterocycles. The van der Waals surface area contributed by atoms with Crippen LogP contribution in [0.25, 0.3) is 0 Å². The molecule has 144 valence electrons. The van der Waals surface area contributed by atoms with Gasteiger partial charge in [0.2, 0.25) is 5.91 Å². The molecule has 0 radical (unpaired) electrons. The van der Waals surface area contributed by atoms with Gasteiger partial charge in [0, 0.05) is 23.2 Å². The van der Waals surface area contributed by atoms with Crippen LogP contribution >= 0.6 is 0 Å². The van der Waals surface area contributed by atoms with Gasteiger partial charge in [-0.15, -0.1) is 0 Å². The Bertz CT molecular complexity index is 1020. The van der Waals surface area contributed by atoms with E-state index in [4.69, 9.17) is 4.74 Å². The number of hydrogen-bond acceptors (Lipinski definition) is 4. The number of benzene rings is 2. The van der Waals surface area contributed by atoms with E-state index in [9.17, 15) is 9.59 Å². The highest BCUT2D eigenvalue weighted by atomic mass is 19.1. The van der Waals surface area contributed by atoms with Gasteiger partial charge in [0.1, 0.15) is 11.4 Å². The molecule has 5 nitrogen and oxygen atoms in total. The van der Waals surface area contributed by atoms with Crippen LogP contribution in [-0.4, -0.2) is 24.5 Å². The minimum Gasteiger partial charge on any atom is -0.465 e. The maximum atomic E-state index is 15.2. The number of fused-ring (bicyclic) bond motifs is 3. The Hall–Kier alpha value is -2.73. The smallest absolute Gasteiger partial charge is 0.311 e. The SMILES string of the molecule is Cc1ccc2c(c1)NC(=O)[C@@]21N[C@H]2CCOC(=O)[C@H]2[C@@H]1c1cccc(C)c1F. The van der Waals surface area contributed by atoms with Crippen molar-refractivity contribution < 1.29 is 18.7 Å². The lowest BCUT2D eigenvalue weighted by Gasteiger charge is -2.32. The largest absolute Gasteiger partial charge is 0.465 e. The maximum Gasteiger partial charge on any atom is 0.311 e. The number of amides is 1. The van der Waals surface area contributed by atoms with E-state index in [1.54, 1.807) is 25.1 Å². The molecule has 2 fully saturated rings. The summed E-state index contributed by atoms with van der Waals surface area (Å²) in [5.41, 5.74) is 2.16. The molecule has 0 unspecified atom stereocenters. The Morgan fingerprint density at radius 2 is 2.00 bits per heavy atom. The molecule has 6 heteroatoms. The highest BCUT2D eigenvalue weighted by Gasteiger charge is 2.65. The van der Waals surface area contributed by atoms with Gasteiger partial charge in [-0.2, -0.15) is 0 Å². The van der Waals surface area contributed by atoms with Crippen LogP contribution in [0.4, 0.5) is 10.1 Å². The number of cyclic esters (lactones) is 1. The molecule has 28 heavy (non-hydrogen) atoms. The fourth-order valence-electron chi connectivity index (χ4n) is 5.15. The van der Waals surface area contributed by atoms with Crippen molar-refractivity contribution >= 4 is 17.6 Å². The van der Waals surface area contributed by atoms with E-state index in [1.807, 2.05) is 25.1 Å². The number of carbonyl (C=O) groups is 2. The standard InChI is InChI=1S/C22H21FN2O3/c1-11-6-7-14-16(10-11)24-21(27)22(14)18(13-5-3-4-12(2)19(13)23)17-15(25-22)8-9-28-20(17)26/h3-7,10,15,17-18,25H,8-9H2,1-2H3,(H,24,27)/t15-,17+,18-,22+/m0/s1. The third-order valence-corrected chi connectivity index (χ3v) is 6.38. The number of carbonyl (C=O) groups excluding carboxylic acids is 2. The van der Waals surface area contributed by atoms with E-state index in [2.05, 4.69) is 10.6 Å². The first kappa shape index (κ1) is 17.4. The third kappa shape index (κ3) is 2.15. The normalized spacial score (nSPS) is 30.8. The van der Waals surface area contributed by atoms with Crippen molar-refractivity contribution in [1.82, 2.24) is 5.32 Å². The first-order valence-electron chi connectivity index (χ1n) is 9.55. The molecular formula is C22H21FN2O3. The molecular weight excluding hydrogens is 359 g/mol. The van der Waals surface area contributed by atoms with E-state index in [1.165, 1.54) is 0 Å². The Balaban J connectivity index is 1.78. The van der Waals surface area contributed by atoms with Gasteiger partial charge in [0.25, 0.3) is 0 Å². The zero-order valence-electron chi connectivity index (χ0n) is 15.7. The van der Waals surface area contributed by atoms with Crippen molar-refractivity contribution in [3.63, 3.8) is 0 Å². The van der Waals surface area contributed by atoms with Crippen LogP contribution in [0, 0.1) is 25.6 Å². The molecule has 2 aromatic carbocycles. The highest BCUT2D eigenvalue weighted by Crippen LogP contribution is 2.55. The molecule has 4 atom stereocenters. The fraction of sp³-hybridized carbons (Fsp3) is 0.364. The molecule has 2 N–H and O–H groups in total. The monoisotopic (exact) mass is 380 g/mol. The molecule has 1 amide bonds. The molecule has 0 bridgehead atoms. The van der Waals surface area contributed by atoms with E-state index < -0.39 is 17.4 Å². The van der Waals surface area contributed by atoms with Gasteiger partial charge >= 0.3 is 5.97 Å². The van der Waals surface area contributed by atoms with Crippen molar-refractivity contribution in [2.24, 2.45) is 5.92 Å². The quantitative estimate of drug-likeness (QED) is 0.747. The Kier molecular flexibility index (Phi) is 3.65. The topological polar surface area (TPSA) is 67.4 Å².